The number of hydrogen-bond donors (Lipinski definition) is 1. The van der Waals surface area contributed by atoms with E-state index in [1.54, 1.807) is 6.07 Å². The first-order valence-electron chi connectivity index (χ1n) is 11.9. The maximum atomic E-state index is 14.6. The van der Waals surface area contributed by atoms with Crippen LogP contribution in [0.25, 0.3) is 11.4 Å². The number of nitrogens with two attached hydrogens (primary N) is 1. The minimum atomic E-state index is -3.19. The largest absolute Gasteiger partial charge is 0.398 e. The van der Waals surface area contributed by atoms with Gasteiger partial charge in [0.05, 0.1) is 6.42 Å². The molecular weight excluding hydrogens is 476 g/mol. The highest BCUT2D eigenvalue weighted by Crippen LogP contribution is 2.38. The Morgan fingerprint density at radius 2 is 1.53 bits per heavy atom. The van der Waals surface area contributed by atoms with Gasteiger partial charge in [-0.05, 0) is 34.0 Å². The molecule has 5 nitrogen and oxygen atoms in total. The summed E-state index contributed by atoms with van der Waals surface area (Å²) in [7, 11) is -3.19. The van der Waals surface area contributed by atoms with E-state index in [-0.39, 0.29) is 12.3 Å². The molecule has 4 aromatic rings. The van der Waals surface area contributed by atoms with Crippen molar-refractivity contribution in [2.45, 2.75) is 51.7 Å². The van der Waals surface area contributed by atoms with Crippen molar-refractivity contribution in [2.75, 3.05) is 5.73 Å². The second-order valence-electron chi connectivity index (χ2n) is 9.94. The van der Waals surface area contributed by atoms with E-state index in [0.717, 1.165) is 15.9 Å². The third-order valence-corrected chi connectivity index (χ3v) is 11.5. The van der Waals surface area contributed by atoms with Crippen molar-refractivity contribution in [3.8, 4) is 11.4 Å². The van der Waals surface area contributed by atoms with Gasteiger partial charge in [0.2, 0.25) is 11.7 Å². The maximum absolute atomic E-state index is 14.6. The lowest BCUT2D eigenvalue weighted by molar-refractivity contribution is 0.00243. The SMILES string of the molecule is Cc1ccc(-c2noc(CC(O[Si](c3ccccc3)(c3ccccc3)C(C)(C)C)C(F)F)n2)cc1N. The summed E-state index contributed by atoms with van der Waals surface area (Å²) in [5.74, 6) is 0.391. The number of alkyl halides is 2. The van der Waals surface area contributed by atoms with Crippen LogP contribution in [0.15, 0.2) is 83.4 Å². The zero-order chi connectivity index (χ0) is 25.9. The molecule has 1 atom stereocenters. The molecule has 36 heavy (non-hydrogen) atoms. The van der Waals surface area contributed by atoms with Crippen molar-refractivity contribution < 1.29 is 17.7 Å². The van der Waals surface area contributed by atoms with Crippen LogP contribution in [0.3, 0.4) is 0 Å². The zero-order valence-corrected chi connectivity index (χ0v) is 21.9. The highest BCUT2D eigenvalue weighted by molar-refractivity contribution is 6.99. The van der Waals surface area contributed by atoms with Crippen LogP contribution in [0.1, 0.15) is 32.2 Å². The predicted octanol–water partition coefficient (Wildman–Crippen LogP) is 5.38. The van der Waals surface area contributed by atoms with Gasteiger partial charge in [-0.15, -0.1) is 0 Å². The van der Waals surface area contributed by atoms with Gasteiger partial charge in [-0.25, -0.2) is 8.78 Å². The molecule has 2 N–H and O–H groups in total. The predicted molar refractivity (Wildman–Crippen MR) is 141 cm³/mol. The van der Waals surface area contributed by atoms with Crippen molar-refractivity contribution in [1.82, 2.24) is 10.1 Å². The fourth-order valence-electron chi connectivity index (χ4n) is 4.51. The fourth-order valence-corrected chi connectivity index (χ4v) is 9.16. The van der Waals surface area contributed by atoms with E-state index in [1.165, 1.54) is 0 Å². The Bertz CT molecular complexity index is 1250. The third-order valence-electron chi connectivity index (χ3n) is 6.41. The van der Waals surface area contributed by atoms with Gasteiger partial charge in [0.15, 0.2) is 0 Å². The molecular formula is C28H31F2N3O2Si. The van der Waals surface area contributed by atoms with Crippen molar-refractivity contribution in [3.63, 3.8) is 0 Å². The van der Waals surface area contributed by atoms with Crippen molar-refractivity contribution in [1.29, 1.82) is 0 Å². The van der Waals surface area contributed by atoms with Crippen LogP contribution >= 0.6 is 0 Å². The smallest absolute Gasteiger partial charge is 0.263 e. The van der Waals surface area contributed by atoms with E-state index in [4.69, 9.17) is 14.7 Å². The summed E-state index contributed by atoms with van der Waals surface area (Å²) < 4.78 is 41.1. The van der Waals surface area contributed by atoms with Crippen LogP contribution in [0.2, 0.25) is 5.04 Å². The molecule has 0 amide bonds. The summed E-state index contributed by atoms with van der Waals surface area (Å²) in [5.41, 5.74) is 8.19. The van der Waals surface area contributed by atoms with E-state index in [2.05, 4.69) is 10.1 Å². The average molecular weight is 508 g/mol. The Morgan fingerprint density at radius 1 is 0.944 bits per heavy atom. The Kier molecular flexibility index (Phi) is 7.37. The van der Waals surface area contributed by atoms with Crippen LogP contribution < -0.4 is 16.1 Å². The fraction of sp³-hybridized carbons (Fsp3) is 0.286. The van der Waals surface area contributed by atoms with Crippen LogP contribution in [0.5, 0.6) is 0 Å². The summed E-state index contributed by atoms with van der Waals surface area (Å²) in [4.78, 5) is 4.38. The molecule has 0 fully saturated rings. The summed E-state index contributed by atoms with van der Waals surface area (Å²) in [5, 5.41) is 5.41. The molecule has 0 bridgehead atoms. The summed E-state index contributed by atoms with van der Waals surface area (Å²) >= 11 is 0. The van der Waals surface area contributed by atoms with Crippen LogP contribution in [0, 0.1) is 6.92 Å². The van der Waals surface area contributed by atoms with Crippen LogP contribution in [-0.2, 0) is 10.8 Å². The monoisotopic (exact) mass is 507 g/mol. The molecule has 1 unspecified atom stereocenters. The zero-order valence-electron chi connectivity index (χ0n) is 20.9. The Hall–Kier alpha value is -3.36. The Morgan fingerprint density at radius 3 is 2.03 bits per heavy atom. The molecule has 1 heterocycles. The first kappa shape index (κ1) is 25.7. The molecule has 188 valence electrons. The van der Waals surface area contributed by atoms with Gasteiger partial charge in [0.1, 0.15) is 6.10 Å². The van der Waals surface area contributed by atoms with E-state index >= 15 is 0 Å². The second kappa shape index (κ2) is 10.3. The number of benzene rings is 3. The topological polar surface area (TPSA) is 74.2 Å². The normalized spacial score (nSPS) is 13.2. The van der Waals surface area contributed by atoms with Gasteiger partial charge in [-0.1, -0.05) is 98.7 Å². The van der Waals surface area contributed by atoms with Crippen LogP contribution in [-0.4, -0.2) is 31.0 Å². The first-order chi connectivity index (χ1) is 17.1. The molecule has 0 aliphatic rings. The van der Waals surface area contributed by atoms with Crippen molar-refractivity contribution in [3.05, 3.63) is 90.3 Å². The van der Waals surface area contributed by atoms with Crippen LogP contribution in [0.4, 0.5) is 14.5 Å². The van der Waals surface area contributed by atoms with E-state index in [9.17, 15) is 8.78 Å². The van der Waals surface area contributed by atoms with Gasteiger partial charge in [-0.3, -0.25) is 0 Å². The molecule has 0 aliphatic heterocycles. The maximum Gasteiger partial charge on any atom is 0.263 e. The molecule has 0 saturated carbocycles. The molecule has 0 aliphatic carbocycles. The Balaban J connectivity index is 1.72. The molecule has 4 rings (SSSR count). The van der Waals surface area contributed by atoms with E-state index < -0.39 is 25.9 Å². The highest BCUT2D eigenvalue weighted by Gasteiger charge is 2.52. The molecule has 0 radical (unpaired) electrons. The second-order valence-corrected chi connectivity index (χ2v) is 14.2. The summed E-state index contributed by atoms with van der Waals surface area (Å²) in [6.45, 7) is 8.05. The van der Waals surface area contributed by atoms with E-state index in [0.29, 0.717) is 17.1 Å². The Labute approximate surface area is 211 Å². The first-order valence-corrected chi connectivity index (χ1v) is 13.8. The van der Waals surface area contributed by atoms with Gasteiger partial charge < -0.3 is 14.7 Å². The highest BCUT2D eigenvalue weighted by atomic mass is 28.4. The van der Waals surface area contributed by atoms with Gasteiger partial charge in [0.25, 0.3) is 14.7 Å². The van der Waals surface area contributed by atoms with Crippen molar-refractivity contribution in [2.24, 2.45) is 0 Å². The molecule has 1 aromatic heterocycles. The lowest BCUT2D eigenvalue weighted by atomic mass is 10.1. The van der Waals surface area contributed by atoms with E-state index in [1.807, 2.05) is 100 Å². The minimum absolute atomic E-state index is 0.0902. The number of rotatable bonds is 8. The number of aromatic nitrogens is 2. The molecule has 3 aromatic carbocycles. The van der Waals surface area contributed by atoms with Gasteiger partial charge >= 0.3 is 0 Å². The number of hydrogen-bond acceptors (Lipinski definition) is 5. The van der Waals surface area contributed by atoms with Gasteiger partial charge in [0, 0.05) is 11.3 Å². The van der Waals surface area contributed by atoms with Crippen molar-refractivity contribution >= 4 is 24.4 Å². The minimum Gasteiger partial charge on any atom is -0.398 e. The number of halogens is 2. The summed E-state index contributed by atoms with van der Waals surface area (Å²) in [6, 6.07) is 24.8. The molecule has 8 heteroatoms. The number of anilines is 1. The molecule has 0 spiro atoms. The standard InChI is InChI=1S/C28H31F2N3O2Si/c1-19-15-16-20(17-23(19)31)27-32-25(34-33-27)18-24(26(29)30)35-36(28(2,3)4,21-11-7-5-8-12-21)22-13-9-6-10-14-22/h5-17,24,26H,18,31H2,1-4H3. The molecule has 0 saturated heterocycles. The van der Waals surface area contributed by atoms with Gasteiger partial charge in [-0.2, -0.15) is 4.98 Å². The quantitative estimate of drug-likeness (QED) is 0.256. The lowest BCUT2D eigenvalue weighted by Crippen LogP contribution is -2.68. The lowest BCUT2D eigenvalue weighted by Gasteiger charge is -2.44. The number of aryl methyl sites for hydroxylation is 1. The summed E-state index contributed by atoms with van der Waals surface area (Å²) in [6.07, 6.45) is -4.40. The third kappa shape index (κ3) is 5.10. The number of nitrogen functional groups attached to an aromatic ring is 1. The average Bonchev–Trinajstić information content (AvgIpc) is 3.32. The number of nitrogens with zero attached hydrogens (tertiary/aromatic N) is 2.